The van der Waals surface area contributed by atoms with Gasteiger partial charge in [-0.3, -0.25) is 14.4 Å². The lowest BCUT2D eigenvalue weighted by Gasteiger charge is -2.29. The van der Waals surface area contributed by atoms with Gasteiger partial charge in [0.1, 0.15) is 0 Å². The molecule has 4 atom stereocenters. The number of carbonyl (C=O) groups excluding carboxylic acids is 1. The van der Waals surface area contributed by atoms with E-state index in [1.807, 2.05) is 41.4 Å². The molecule has 2 aromatic carbocycles. The SMILES string of the molecule is C[C@H]1[C@H]([Si](C)(C)F)[C@@H](CCn2cc(CCO)nn2)O[C@H]1CCc1ccc(N2C(=O)CCc3ccccc32)cc1. The molecule has 1 fully saturated rings. The Balaban J connectivity index is 1.22. The van der Waals surface area contributed by atoms with Gasteiger partial charge in [0.05, 0.1) is 23.6 Å². The average Bonchev–Trinajstić information content (AvgIpc) is 3.50. The summed E-state index contributed by atoms with van der Waals surface area (Å²) in [5.74, 6) is 0.268. The minimum atomic E-state index is -2.95. The van der Waals surface area contributed by atoms with Gasteiger partial charge in [0, 0.05) is 43.4 Å². The molecule has 1 aromatic heterocycles. The summed E-state index contributed by atoms with van der Waals surface area (Å²) in [6, 6.07) is 16.3. The Morgan fingerprint density at radius 3 is 2.56 bits per heavy atom. The van der Waals surface area contributed by atoms with Crippen LogP contribution in [0.5, 0.6) is 0 Å². The van der Waals surface area contributed by atoms with Crippen molar-refractivity contribution in [3.05, 3.63) is 71.5 Å². The van der Waals surface area contributed by atoms with E-state index in [1.165, 1.54) is 11.1 Å². The predicted octanol–water partition coefficient (Wildman–Crippen LogP) is 5.40. The smallest absolute Gasteiger partial charge is 0.246 e. The van der Waals surface area contributed by atoms with E-state index in [9.17, 15) is 4.79 Å². The molecular weight excluding hydrogens is 511 g/mol. The zero-order chi connectivity index (χ0) is 27.6. The van der Waals surface area contributed by atoms with E-state index in [0.29, 0.717) is 25.8 Å². The number of aryl methyl sites for hydroxylation is 3. The second kappa shape index (κ2) is 11.7. The van der Waals surface area contributed by atoms with Crippen molar-refractivity contribution in [3.63, 3.8) is 0 Å². The van der Waals surface area contributed by atoms with Crippen molar-refractivity contribution < 1.29 is 18.7 Å². The number of rotatable bonds is 10. The van der Waals surface area contributed by atoms with Crippen LogP contribution in [0.15, 0.2) is 54.7 Å². The van der Waals surface area contributed by atoms with Crippen LogP contribution in [0.2, 0.25) is 18.6 Å². The average molecular weight is 551 g/mol. The number of fused-ring (bicyclic) bond motifs is 1. The number of aromatic nitrogens is 3. The van der Waals surface area contributed by atoms with E-state index >= 15 is 4.11 Å². The fourth-order valence-corrected chi connectivity index (χ4v) is 9.01. The minimum absolute atomic E-state index is 0.00144. The first-order valence-corrected chi connectivity index (χ1v) is 17.0. The molecular formula is C30H39FN4O3Si. The van der Waals surface area contributed by atoms with Crippen LogP contribution in [0.4, 0.5) is 15.5 Å². The number of aliphatic hydroxyl groups excluding tert-OH is 1. The van der Waals surface area contributed by atoms with Crippen molar-refractivity contribution in [2.24, 2.45) is 5.92 Å². The molecule has 1 saturated heterocycles. The van der Waals surface area contributed by atoms with Crippen LogP contribution in [-0.2, 0) is 35.3 Å². The molecule has 208 valence electrons. The maximum Gasteiger partial charge on any atom is 0.246 e. The summed E-state index contributed by atoms with van der Waals surface area (Å²) in [6.07, 6.45) is 5.84. The molecule has 3 heterocycles. The minimum Gasteiger partial charge on any atom is -0.396 e. The number of aliphatic hydroxyl groups is 1. The highest BCUT2D eigenvalue weighted by atomic mass is 28.4. The van der Waals surface area contributed by atoms with Crippen LogP contribution in [0.3, 0.4) is 0 Å². The lowest BCUT2D eigenvalue weighted by atomic mass is 9.95. The summed E-state index contributed by atoms with van der Waals surface area (Å²) in [5.41, 5.74) is 4.93. The summed E-state index contributed by atoms with van der Waals surface area (Å²) >= 11 is 0. The maximum absolute atomic E-state index is 15.5. The molecule has 39 heavy (non-hydrogen) atoms. The number of hydrogen-bond acceptors (Lipinski definition) is 5. The first kappa shape index (κ1) is 27.7. The van der Waals surface area contributed by atoms with Crippen LogP contribution in [0, 0.1) is 5.92 Å². The molecule has 1 amide bonds. The number of carbonyl (C=O) groups is 1. The Labute approximate surface area is 231 Å². The monoisotopic (exact) mass is 550 g/mol. The highest BCUT2D eigenvalue weighted by molar-refractivity contribution is 6.72. The number of halogens is 1. The fraction of sp³-hybridized carbons (Fsp3) is 0.500. The van der Waals surface area contributed by atoms with Crippen LogP contribution in [0.25, 0.3) is 0 Å². The van der Waals surface area contributed by atoms with E-state index in [1.54, 1.807) is 17.8 Å². The third-order valence-electron chi connectivity index (χ3n) is 8.29. The number of ether oxygens (including phenoxy) is 1. The lowest BCUT2D eigenvalue weighted by Crippen LogP contribution is -2.36. The van der Waals surface area contributed by atoms with Gasteiger partial charge in [0.15, 0.2) is 0 Å². The number of nitrogens with zero attached hydrogens (tertiary/aromatic N) is 4. The van der Waals surface area contributed by atoms with Crippen LogP contribution in [-0.4, -0.2) is 53.2 Å². The molecule has 0 spiro atoms. The Morgan fingerprint density at radius 1 is 1.05 bits per heavy atom. The molecule has 0 aliphatic carbocycles. The van der Waals surface area contributed by atoms with Crippen molar-refractivity contribution in [2.75, 3.05) is 11.5 Å². The molecule has 9 heteroatoms. The number of amides is 1. The Kier molecular flexibility index (Phi) is 8.30. The molecule has 2 aliphatic heterocycles. The van der Waals surface area contributed by atoms with Gasteiger partial charge in [-0.25, -0.2) is 0 Å². The number of para-hydroxylation sites is 1. The zero-order valence-corrected chi connectivity index (χ0v) is 24.1. The van der Waals surface area contributed by atoms with E-state index in [4.69, 9.17) is 9.84 Å². The second-order valence-corrected chi connectivity index (χ2v) is 15.3. The van der Waals surface area contributed by atoms with Crippen LogP contribution in [0.1, 0.15) is 43.0 Å². The summed E-state index contributed by atoms with van der Waals surface area (Å²) in [5, 5.41) is 17.4. The van der Waals surface area contributed by atoms with Gasteiger partial charge in [0.2, 0.25) is 14.3 Å². The maximum atomic E-state index is 15.5. The van der Waals surface area contributed by atoms with Gasteiger partial charge in [0.25, 0.3) is 0 Å². The quantitative estimate of drug-likeness (QED) is 0.270. The van der Waals surface area contributed by atoms with E-state index < -0.39 is 8.41 Å². The van der Waals surface area contributed by atoms with E-state index in [-0.39, 0.29) is 36.2 Å². The van der Waals surface area contributed by atoms with Gasteiger partial charge in [-0.1, -0.05) is 42.5 Å². The van der Waals surface area contributed by atoms with Gasteiger partial charge in [-0.2, -0.15) is 0 Å². The molecule has 5 rings (SSSR count). The summed E-state index contributed by atoms with van der Waals surface area (Å²) in [7, 11) is -2.95. The highest BCUT2D eigenvalue weighted by Gasteiger charge is 2.50. The summed E-state index contributed by atoms with van der Waals surface area (Å²) in [4.78, 5) is 14.6. The van der Waals surface area contributed by atoms with E-state index in [0.717, 1.165) is 36.3 Å². The van der Waals surface area contributed by atoms with Gasteiger partial charge in [-0.15, -0.1) is 5.10 Å². The zero-order valence-electron chi connectivity index (χ0n) is 23.1. The molecule has 0 unspecified atom stereocenters. The van der Waals surface area contributed by atoms with Crippen molar-refractivity contribution in [2.45, 2.75) is 82.8 Å². The topological polar surface area (TPSA) is 80.5 Å². The van der Waals surface area contributed by atoms with Crippen molar-refractivity contribution in [1.82, 2.24) is 15.0 Å². The van der Waals surface area contributed by atoms with Crippen molar-refractivity contribution >= 4 is 25.7 Å². The normalized spacial score (nSPS) is 23.3. The molecule has 0 bridgehead atoms. The van der Waals surface area contributed by atoms with Gasteiger partial charge in [-0.05, 0) is 74.0 Å². The van der Waals surface area contributed by atoms with Crippen LogP contribution >= 0.6 is 0 Å². The Morgan fingerprint density at radius 2 is 1.82 bits per heavy atom. The highest BCUT2D eigenvalue weighted by Crippen LogP contribution is 2.47. The fourth-order valence-electron chi connectivity index (χ4n) is 6.42. The number of hydrogen-bond donors (Lipinski definition) is 1. The van der Waals surface area contributed by atoms with Gasteiger partial charge >= 0.3 is 0 Å². The van der Waals surface area contributed by atoms with Crippen molar-refractivity contribution in [1.29, 1.82) is 0 Å². The van der Waals surface area contributed by atoms with Crippen molar-refractivity contribution in [3.8, 4) is 0 Å². The summed E-state index contributed by atoms with van der Waals surface area (Å²) < 4.78 is 23.8. The molecule has 1 N–H and O–H groups in total. The Hall–Kier alpha value is -2.88. The molecule has 2 aliphatic rings. The Bertz CT molecular complexity index is 1280. The third kappa shape index (κ3) is 6.15. The first-order valence-electron chi connectivity index (χ1n) is 14.1. The standard InChI is InChI=1S/C30H39FN4O3Si/c1-21-27(38-28(30(21)39(2,3)31)16-18-34-20-24(17-19-36)32-33-34)14-10-22-8-12-25(13-9-22)35-26-7-5-4-6-23(26)11-15-29(35)37/h4-9,12-13,20-21,27-28,30,36H,10-11,14-19H2,1-3H3/t21-,27+,28-,30+/m1/s1. The number of anilines is 2. The second-order valence-electron chi connectivity index (χ2n) is 11.5. The number of benzene rings is 2. The lowest BCUT2D eigenvalue weighted by molar-refractivity contribution is -0.118. The summed E-state index contributed by atoms with van der Waals surface area (Å²) in [6.45, 7) is 6.38. The largest absolute Gasteiger partial charge is 0.396 e. The molecule has 0 radical (unpaired) electrons. The van der Waals surface area contributed by atoms with Crippen LogP contribution < -0.4 is 4.90 Å². The molecule has 7 nitrogen and oxygen atoms in total. The van der Waals surface area contributed by atoms with Gasteiger partial charge < -0.3 is 14.0 Å². The van der Waals surface area contributed by atoms with E-state index in [2.05, 4.69) is 35.4 Å². The third-order valence-corrected chi connectivity index (χ3v) is 10.8. The predicted molar refractivity (Wildman–Crippen MR) is 152 cm³/mol. The first-order chi connectivity index (χ1) is 18.7. The molecule has 0 saturated carbocycles. The molecule has 3 aromatic rings.